The fourth-order valence-corrected chi connectivity index (χ4v) is 3.55. The van der Waals surface area contributed by atoms with Gasteiger partial charge in [-0.25, -0.2) is 0 Å². The minimum Gasteiger partial charge on any atom is -0.461 e. The van der Waals surface area contributed by atoms with Gasteiger partial charge in [0.1, 0.15) is 6.61 Å². The highest BCUT2D eigenvalue weighted by Gasteiger charge is 2.56. The highest BCUT2D eigenvalue weighted by atomic mass is 16.5. The van der Waals surface area contributed by atoms with Crippen molar-refractivity contribution in [1.29, 1.82) is 0 Å². The summed E-state index contributed by atoms with van der Waals surface area (Å²) in [7, 11) is 0. The van der Waals surface area contributed by atoms with Gasteiger partial charge in [0.15, 0.2) is 5.78 Å². The first kappa shape index (κ1) is 14.3. The molecule has 2 atom stereocenters. The quantitative estimate of drug-likeness (QED) is 0.735. The van der Waals surface area contributed by atoms with E-state index >= 15 is 0 Å². The second-order valence-corrected chi connectivity index (χ2v) is 7.16. The largest absolute Gasteiger partial charge is 0.461 e. The maximum Gasteiger partial charge on any atom is 0.302 e. The molecule has 1 fully saturated rings. The maximum absolute atomic E-state index is 12.0. The normalized spacial score (nSPS) is 32.4. The van der Waals surface area contributed by atoms with Crippen LogP contribution >= 0.6 is 0 Å². The molecule has 0 aromatic rings. The van der Waals surface area contributed by atoms with Gasteiger partial charge in [0.25, 0.3) is 0 Å². The summed E-state index contributed by atoms with van der Waals surface area (Å²) in [5.74, 6) is 0.480. The van der Waals surface area contributed by atoms with Crippen molar-refractivity contribution in [2.75, 3.05) is 6.61 Å². The van der Waals surface area contributed by atoms with E-state index in [9.17, 15) is 9.59 Å². The van der Waals surface area contributed by atoms with Gasteiger partial charge >= 0.3 is 5.97 Å². The molecule has 0 N–H and O–H groups in total. The first-order valence-corrected chi connectivity index (χ1v) is 7.02. The smallest absolute Gasteiger partial charge is 0.302 e. The van der Waals surface area contributed by atoms with Crippen LogP contribution < -0.4 is 0 Å². The Kier molecular flexibility index (Phi) is 3.36. The van der Waals surface area contributed by atoms with Crippen LogP contribution in [0.1, 0.15) is 53.9 Å². The van der Waals surface area contributed by atoms with Crippen molar-refractivity contribution in [2.24, 2.45) is 16.7 Å². The fraction of sp³-hybridized carbons (Fsp3) is 0.750. The first-order chi connectivity index (χ1) is 8.66. The molecular weight excluding hydrogens is 240 g/mol. The van der Waals surface area contributed by atoms with Crippen LogP contribution in [0, 0.1) is 16.7 Å². The molecule has 0 aromatic carbocycles. The molecule has 0 bridgehead atoms. The van der Waals surface area contributed by atoms with Crippen LogP contribution in [0.15, 0.2) is 11.1 Å². The van der Waals surface area contributed by atoms with Crippen LogP contribution in [0.5, 0.6) is 0 Å². The molecule has 1 saturated carbocycles. The average Bonchev–Trinajstić information content (AvgIpc) is 2.86. The third-order valence-electron chi connectivity index (χ3n) is 4.76. The van der Waals surface area contributed by atoms with E-state index in [1.165, 1.54) is 6.92 Å². The Morgan fingerprint density at radius 3 is 2.37 bits per heavy atom. The Hall–Kier alpha value is -1.12. The Labute approximate surface area is 115 Å². The van der Waals surface area contributed by atoms with Crippen molar-refractivity contribution < 1.29 is 14.3 Å². The summed E-state index contributed by atoms with van der Waals surface area (Å²) in [5.41, 5.74) is 2.20. The summed E-state index contributed by atoms with van der Waals surface area (Å²) >= 11 is 0. The third-order valence-corrected chi connectivity index (χ3v) is 4.76. The summed E-state index contributed by atoms with van der Waals surface area (Å²) in [6, 6.07) is 0. The van der Waals surface area contributed by atoms with E-state index in [1.807, 2.05) is 0 Å². The van der Waals surface area contributed by atoms with Gasteiger partial charge < -0.3 is 4.74 Å². The van der Waals surface area contributed by atoms with E-state index in [4.69, 9.17) is 4.74 Å². The Bertz CT molecular complexity index is 459. The zero-order valence-electron chi connectivity index (χ0n) is 12.6. The van der Waals surface area contributed by atoms with Gasteiger partial charge in [0, 0.05) is 6.92 Å². The van der Waals surface area contributed by atoms with E-state index in [1.54, 1.807) is 6.92 Å². The summed E-state index contributed by atoms with van der Waals surface area (Å²) in [6.45, 7) is 9.99. The van der Waals surface area contributed by atoms with E-state index in [0.29, 0.717) is 5.92 Å². The number of fused-ring (bicyclic) bond motifs is 1. The zero-order chi connectivity index (χ0) is 14.4. The molecule has 106 valence electrons. The third kappa shape index (κ3) is 2.75. The molecule has 3 nitrogen and oxygen atoms in total. The molecule has 2 aliphatic carbocycles. The van der Waals surface area contributed by atoms with Gasteiger partial charge in [-0.3, -0.25) is 9.59 Å². The van der Waals surface area contributed by atoms with Crippen molar-refractivity contribution in [3.8, 4) is 0 Å². The zero-order valence-corrected chi connectivity index (χ0v) is 12.6. The Balaban J connectivity index is 2.38. The molecule has 0 spiro atoms. The van der Waals surface area contributed by atoms with Gasteiger partial charge in [-0.1, -0.05) is 20.8 Å². The molecule has 3 heteroatoms. The van der Waals surface area contributed by atoms with Crippen LogP contribution in [0.25, 0.3) is 0 Å². The number of ketones is 1. The predicted octanol–water partition coefficient (Wildman–Crippen LogP) is 3.28. The van der Waals surface area contributed by atoms with Crippen molar-refractivity contribution in [3.05, 3.63) is 11.1 Å². The molecule has 2 aliphatic rings. The lowest BCUT2D eigenvalue weighted by Gasteiger charge is -2.24. The van der Waals surface area contributed by atoms with Gasteiger partial charge in [-0.05, 0) is 54.1 Å². The van der Waals surface area contributed by atoms with Gasteiger partial charge in [-0.2, -0.15) is 0 Å². The lowest BCUT2D eigenvalue weighted by molar-refractivity contribution is -0.140. The maximum atomic E-state index is 12.0. The van der Waals surface area contributed by atoms with Crippen molar-refractivity contribution in [1.82, 2.24) is 0 Å². The molecule has 0 aliphatic heterocycles. The summed E-state index contributed by atoms with van der Waals surface area (Å²) in [4.78, 5) is 23.1. The van der Waals surface area contributed by atoms with Crippen LogP contribution in [0.3, 0.4) is 0 Å². The average molecular weight is 264 g/mol. The minimum atomic E-state index is -0.278. The number of allylic oxidation sites excluding steroid dienone is 1. The van der Waals surface area contributed by atoms with Gasteiger partial charge in [0.05, 0.1) is 0 Å². The molecule has 0 amide bonds. The molecule has 2 rings (SSSR count). The van der Waals surface area contributed by atoms with E-state index < -0.39 is 0 Å². The van der Waals surface area contributed by atoms with Crippen LogP contribution in [0.2, 0.25) is 0 Å². The molecule has 0 heterocycles. The van der Waals surface area contributed by atoms with Gasteiger partial charge in [-0.15, -0.1) is 0 Å². The van der Waals surface area contributed by atoms with E-state index in [-0.39, 0.29) is 29.2 Å². The van der Waals surface area contributed by atoms with Gasteiger partial charge in [0.2, 0.25) is 0 Å². The highest BCUT2D eigenvalue weighted by molar-refractivity contribution is 5.94. The van der Waals surface area contributed by atoms with Crippen LogP contribution in [0.4, 0.5) is 0 Å². The van der Waals surface area contributed by atoms with Crippen LogP contribution in [-0.2, 0) is 14.3 Å². The predicted molar refractivity (Wildman–Crippen MR) is 73.6 cm³/mol. The van der Waals surface area contributed by atoms with Crippen LogP contribution in [-0.4, -0.2) is 18.4 Å². The second-order valence-electron chi connectivity index (χ2n) is 7.16. The Morgan fingerprint density at radius 1 is 1.21 bits per heavy atom. The number of hydrogen-bond acceptors (Lipinski definition) is 3. The molecule has 0 unspecified atom stereocenters. The molecule has 0 aromatic heterocycles. The number of Topliss-reactive ketones (excluding diaryl/α,β-unsaturated/α-hetero) is 1. The topological polar surface area (TPSA) is 43.4 Å². The van der Waals surface area contributed by atoms with Crippen molar-refractivity contribution in [2.45, 2.75) is 53.9 Å². The van der Waals surface area contributed by atoms with Crippen molar-refractivity contribution >= 4 is 11.8 Å². The lowest BCUT2D eigenvalue weighted by Crippen LogP contribution is -2.18. The summed E-state index contributed by atoms with van der Waals surface area (Å²) in [5, 5.41) is 0. The summed E-state index contributed by atoms with van der Waals surface area (Å²) in [6.07, 6.45) is 3.05. The molecule has 19 heavy (non-hydrogen) atoms. The molecular formula is C16H24O3. The number of esters is 1. The number of rotatable bonds is 3. The van der Waals surface area contributed by atoms with E-state index in [2.05, 4.69) is 20.8 Å². The molecule has 0 saturated heterocycles. The molecule has 0 radical (unpaired) electrons. The van der Waals surface area contributed by atoms with Crippen molar-refractivity contribution in [3.63, 3.8) is 0 Å². The Morgan fingerprint density at radius 2 is 1.84 bits per heavy atom. The minimum absolute atomic E-state index is 0.0736. The number of ether oxygens (including phenoxy) is 1. The number of carbonyl (C=O) groups excluding carboxylic acids is 2. The monoisotopic (exact) mass is 264 g/mol. The fourth-order valence-electron chi connectivity index (χ4n) is 3.55. The highest BCUT2D eigenvalue weighted by Crippen LogP contribution is 2.64. The standard InChI is InChI=1S/C16H24O3/c1-10(17)13-8-15(3,4)6-12-7-16(12,5)14(13)9-19-11(2)18/h12H,6-9H2,1-5H3/t12-,16+/m1/s1. The van der Waals surface area contributed by atoms with E-state index in [0.717, 1.165) is 30.4 Å². The summed E-state index contributed by atoms with van der Waals surface area (Å²) < 4.78 is 5.20. The number of carbonyl (C=O) groups is 2. The SMILES string of the molecule is CC(=O)OCC1=C(C(C)=O)CC(C)(C)C[C@@H]2C[C@]12C. The first-order valence-electron chi connectivity index (χ1n) is 7.02. The lowest BCUT2D eigenvalue weighted by atomic mass is 9.80. The number of hydrogen-bond donors (Lipinski definition) is 0. The second kappa shape index (κ2) is 4.46.